The predicted molar refractivity (Wildman–Crippen MR) is 111 cm³/mol. The molecule has 2 heterocycles. The molecule has 1 aromatic heterocycles. The van der Waals surface area contributed by atoms with E-state index in [2.05, 4.69) is 10.3 Å². The summed E-state index contributed by atoms with van der Waals surface area (Å²) < 4.78 is 31.7. The molecule has 1 aromatic carbocycles. The normalized spacial score (nSPS) is 15.8. The third kappa shape index (κ3) is 7.60. The zero-order valence-corrected chi connectivity index (χ0v) is 17.8. The summed E-state index contributed by atoms with van der Waals surface area (Å²) in [5.41, 5.74) is 10.3. The van der Waals surface area contributed by atoms with Crippen molar-refractivity contribution in [3.8, 4) is 0 Å². The molecule has 3 rings (SSSR count). The van der Waals surface area contributed by atoms with Crippen LogP contribution in [0.3, 0.4) is 0 Å². The Hall–Kier alpha value is -2.50. The molecule has 1 saturated heterocycles. The van der Waals surface area contributed by atoms with Crippen LogP contribution in [-0.4, -0.2) is 52.7 Å². The van der Waals surface area contributed by atoms with Crippen LogP contribution in [0.5, 0.6) is 0 Å². The summed E-state index contributed by atoms with van der Waals surface area (Å²) in [6, 6.07) is 7.62. The van der Waals surface area contributed by atoms with Gasteiger partial charge in [0.15, 0.2) is 0 Å². The predicted octanol–water partition coefficient (Wildman–Crippen LogP) is 2.80. The first kappa shape index (κ1) is 24.8. The van der Waals surface area contributed by atoms with Crippen LogP contribution in [0.4, 0.5) is 13.2 Å². The van der Waals surface area contributed by atoms with Crippen LogP contribution in [0, 0.1) is 12.8 Å². The number of rotatable bonds is 6. The van der Waals surface area contributed by atoms with Gasteiger partial charge in [-0.1, -0.05) is 12.1 Å². The van der Waals surface area contributed by atoms with Crippen molar-refractivity contribution in [2.75, 3.05) is 19.6 Å². The lowest BCUT2D eigenvalue weighted by Crippen LogP contribution is -2.35. The fraction of sp³-hybridized carbons (Fsp3) is 0.450. The van der Waals surface area contributed by atoms with E-state index in [1.54, 1.807) is 11.3 Å². The van der Waals surface area contributed by atoms with Gasteiger partial charge in [0.05, 0.1) is 17.7 Å². The number of nitrogens with one attached hydrogen (secondary N) is 1. The van der Waals surface area contributed by atoms with E-state index in [1.807, 2.05) is 41.6 Å². The van der Waals surface area contributed by atoms with E-state index in [-0.39, 0.29) is 5.91 Å². The first-order valence-electron chi connectivity index (χ1n) is 9.60. The van der Waals surface area contributed by atoms with E-state index < -0.39 is 12.1 Å². The maximum Gasteiger partial charge on any atom is 0.490 e. The molecule has 0 aliphatic carbocycles. The van der Waals surface area contributed by atoms with E-state index in [4.69, 9.17) is 15.6 Å². The smallest absolute Gasteiger partial charge is 0.475 e. The van der Waals surface area contributed by atoms with Crippen molar-refractivity contribution in [3.05, 3.63) is 51.5 Å². The molecular weight excluding hydrogens is 433 g/mol. The van der Waals surface area contributed by atoms with Gasteiger partial charge in [0.25, 0.3) is 5.91 Å². The second-order valence-corrected chi connectivity index (χ2v) is 8.05. The van der Waals surface area contributed by atoms with Crippen LogP contribution in [0.25, 0.3) is 0 Å². The molecule has 7 nitrogen and oxygen atoms in total. The largest absolute Gasteiger partial charge is 0.490 e. The zero-order chi connectivity index (χ0) is 23.0. The molecular formula is C20H25F3N4O3S. The second-order valence-electron chi connectivity index (χ2n) is 7.11. The maximum absolute atomic E-state index is 13.0. The Bertz CT molecular complexity index is 865. The lowest BCUT2D eigenvalue weighted by atomic mass is 10.1. The molecule has 1 amide bonds. The fourth-order valence-corrected chi connectivity index (χ4v) is 3.81. The molecule has 0 spiro atoms. The monoisotopic (exact) mass is 458 g/mol. The van der Waals surface area contributed by atoms with Gasteiger partial charge in [-0.25, -0.2) is 9.78 Å². The number of aliphatic carboxylic acids is 1. The Morgan fingerprint density at radius 2 is 1.97 bits per heavy atom. The summed E-state index contributed by atoms with van der Waals surface area (Å²) in [7, 11) is 0. The molecule has 1 aliphatic heterocycles. The molecule has 0 bridgehead atoms. The van der Waals surface area contributed by atoms with Crippen LogP contribution >= 0.6 is 11.3 Å². The highest BCUT2D eigenvalue weighted by Crippen LogP contribution is 2.20. The van der Waals surface area contributed by atoms with Gasteiger partial charge in [-0.05, 0) is 50.0 Å². The van der Waals surface area contributed by atoms with E-state index >= 15 is 0 Å². The topological polar surface area (TPSA) is 109 Å². The van der Waals surface area contributed by atoms with Crippen LogP contribution in [0.2, 0.25) is 0 Å². The Morgan fingerprint density at radius 1 is 1.32 bits per heavy atom. The Labute approximate surface area is 182 Å². The number of nitrogens with two attached hydrogens (primary N) is 1. The van der Waals surface area contributed by atoms with Gasteiger partial charge < -0.3 is 21.1 Å². The third-order valence-corrected chi connectivity index (χ3v) is 5.71. The lowest BCUT2D eigenvalue weighted by Gasteiger charge is -2.25. The Morgan fingerprint density at radius 3 is 2.42 bits per heavy atom. The van der Waals surface area contributed by atoms with Crippen molar-refractivity contribution in [2.45, 2.75) is 32.6 Å². The number of amides is 1. The highest BCUT2D eigenvalue weighted by molar-refractivity contribution is 7.09. The number of aryl methyl sites for hydroxylation is 1. The number of carbonyl (C=O) groups excluding carboxylic acids is 1. The summed E-state index contributed by atoms with van der Waals surface area (Å²) in [4.78, 5) is 29.4. The fourth-order valence-electron chi connectivity index (χ4n) is 3.02. The van der Waals surface area contributed by atoms with Crippen LogP contribution in [-0.2, 0) is 17.9 Å². The first-order chi connectivity index (χ1) is 14.6. The third-order valence-electron chi connectivity index (χ3n) is 4.79. The number of hydrogen-bond donors (Lipinski definition) is 3. The molecule has 1 atom stereocenters. The molecule has 1 unspecified atom stereocenters. The van der Waals surface area contributed by atoms with Crippen LogP contribution < -0.4 is 11.1 Å². The summed E-state index contributed by atoms with van der Waals surface area (Å²) in [5.74, 6) is -2.16. The van der Waals surface area contributed by atoms with E-state index in [9.17, 15) is 18.0 Å². The quantitative estimate of drug-likeness (QED) is 0.614. The molecule has 2 aromatic rings. The zero-order valence-electron chi connectivity index (χ0n) is 17.0. The van der Waals surface area contributed by atoms with Crippen molar-refractivity contribution in [2.24, 2.45) is 11.7 Å². The number of aromatic nitrogens is 1. The molecule has 31 heavy (non-hydrogen) atoms. The number of carboxylic acids is 1. The summed E-state index contributed by atoms with van der Waals surface area (Å²) in [5, 5.41) is 10.5. The van der Waals surface area contributed by atoms with Crippen molar-refractivity contribution < 1.29 is 27.9 Å². The Kier molecular flexibility index (Phi) is 8.96. The Balaban J connectivity index is 0.000000423. The highest BCUT2D eigenvalue weighted by Gasteiger charge is 2.38. The van der Waals surface area contributed by atoms with Gasteiger partial charge in [-0.2, -0.15) is 13.2 Å². The average Bonchev–Trinajstić information content (AvgIpc) is 3.39. The van der Waals surface area contributed by atoms with E-state index in [0.717, 1.165) is 47.8 Å². The number of nitrogens with zero attached hydrogens (tertiary/aromatic N) is 2. The molecule has 4 N–H and O–H groups in total. The molecule has 0 saturated carbocycles. The standard InChI is InChI=1S/C18H24N4OS.C2HF3O2/c1-13-17(24-12-21-13)11-22(10-15-6-7-20-9-15)18(23)16-4-2-14(8-19)3-5-16;3-2(4,5)1(6)7/h2-5,12,15,20H,6-11,19H2,1H3;(H,6,7). The lowest BCUT2D eigenvalue weighted by molar-refractivity contribution is -0.192. The van der Waals surface area contributed by atoms with Gasteiger partial charge in [0, 0.05) is 23.5 Å². The number of carbonyl (C=O) groups is 2. The van der Waals surface area contributed by atoms with Crippen LogP contribution in [0.15, 0.2) is 29.8 Å². The minimum Gasteiger partial charge on any atom is -0.475 e. The molecule has 11 heteroatoms. The number of halogens is 3. The number of hydrogen-bond acceptors (Lipinski definition) is 6. The molecule has 1 aliphatic rings. The summed E-state index contributed by atoms with van der Waals surface area (Å²) >= 11 is 1.62. The van der Waals surface area contributed by atoms with Crippen molar-refractivity contribution >= 4 is 23.2 Å². The minimum absolute atomic E-state index is 0.0817. The van der Waals surface area contributed by atoms with Gasteiger partial charge in [-0.15, -0.1) is 11.3 Å². The molecule has 1 fully saturated rings. The number of thiazole rings is 1. The second kappa shape index (κ2) is 11.2. The van der Waals surface area contributed by atoms with E-state index in [1.165, 1.54) is 0 Å². The number of alkyl halides is 3. The highest BCUT2D eigenvalue weighted by atomic mass is 32.1. The van der Waals surface area contributed by atoms with Gasteiger partial charge >= 0.3 is 12.1 Å². The first-order valence-corrected chi connectivity index (χ1v) is 10.5. The van der Waals surface area contributed by atoms with Crippen LogP contribution in [0.1, 0.15) is 32.9 Å². The molecule has 170 valence electrons. The number of carboxylic acid groups (broad SMARTS) is 1. The van der Waals surface area contributed by atoms with Crippen molar-refractivity contribution in [1.82, 2.24) is 15.2 Å². The summed E-state index contributed by atoms with van der Waals surface area (Å²) in [6.07, 6.45) is -3.96. The maximum atomic E-state index is 13.0. The van der Waals surface area contributed by atoms with Gasteiger partial charge in [0.2, 0.25) is 0 Å². The SMILES string of the molecule is Cc1ncsc1CN(CC1CCNC1)C(=O)c1ccc(CN)cc1.O=C(O)C(F)(F)F. The van der Waals surface area contributed by atoms with E-state index in [0.29, 0.717) is 19.0 Å². The summed E-state index contributed by atoms with van der Waals surface area (Å²) in [6.45, 7) is 5.93. The molecule has 0 radical (unpaired) electrons. The average molecular weight is 459 g/mol. The van der Waals surface area contributed by atoms with Gasteiger partial charge in [0.1, 0.15) is 0 Å². The van der Waals surface area contributed by atoms with Crippen molar-refractivity contribution in [3.63, 3.8) is 0 Å². The number of benzene rings is 1. The van der Waals surface area contributed by atoms with Crippen molar-refractivity contribution in [1.29, 1.82) is 0 Å². The minimum atomic E-state index is -5.08. The van der Waals surface area contributed by atoms with Gasteiger partial charge in [-0.3, -0.25) is 4.79 Å².